The Labute approximate surface area is 125 Å². The number of aliphatic imine (C=N–C) groups is 1. The molecule has 0 aromatic carbocycles. The molecule has 0 radical (unpaired) electrons. The van der Waals surface area contributed by atoms with Crippen LogP contribution in [-0.4, -0.2) is 34.9 Å². The van der Waals surface area contributed by atoms with Gasteiger partial charge in [-0.1, -0.05) is 12.2 Å². The monoisotopic (exact) mass is 293 g/mol. The lowest BCUT2D eigenvalue weighted by Gasteiger charge is -2.30. The molecule has 21 heavy (non-hydrogen) atoms. The SMILES string of the molecule is CC(C)(C)OC(=O)C1(C(=O)OC(C)(C)C)C=CC=CC=N1. The van der Waals surface area contributed by atoms with Gasteiger partial charge in [0.2, 0.25) is 0 Å². The molecular formula is C16H23NO4. The number of rotatable bonds is 2. The van der Waals surface area contributed by atoms with Crippen LogP contribution in [0.4, 0.5) is 0 Å². The zero-order chi connectivity index (χ0) is 16.3. The van der Waals surface area contributed by atoms with Crippen LogP contribution in [0.1, 0.15) is 41.5 Å². The molecule has 5 heteroatoms. The lowest BCUT2D eigenvalue weighted by molar-refractivity contribution is -0.173. The molecule has 0 aliphatic carbocycles. The first-order chi connectivity index (χ1) is 9.46. The third-order valence-electron chi connectivity index (χ3n) is 2.34. The number of allylic oxidation sites excluding steroid dienone is 3. The van der Waals surface area contributed by atoms with E-state index in [0.717, 1.165) is 0 Å². The fourth-order valence-electron chi connectivity index (χ4n) is 1.55. The lowest BCUT2D eigenvalue weighted by atomic mass is 9.99. The molecule has 1 aliphatic heterocycles. The zero-order valence-corrected chi connectivity index (χ0v) is 13.5. The van der Waals surface area contributed by atoms with Gasteiger partial charge in [0.15, 0.2) is 0 Å². The number of hydrogen-bond acceptors (Lipinski definition) is 5. The second kappa shape index (κ2) is 5.84. The molecule has 0 aromatic rings. The average Bonchev–Trinajstić information content (AvgIpc) is 2.50. The van der Waals surface area contributed by atoms with E-state index in [-0.39, 0.29) is 0 Å². The highest BCUT2D eigenvalue weighted by Crippen LogP contribution is 2.25. The van der Waals surface area contributed by atoms with Gasteiger partial charge in [-0.2, -0.15) is 0 Å². The van der Waals surface area contributed by atoms with Crippen LogP contribution < -0.4 is 0 Å². The molecule has 1 heterocycles. The van der Waals surface area contributed by atoms with Gasteiger partial charge in [-0.3, -0.25) is 4.99 Å². The van der Waals surface area contributed by atoms with Crippen molar-refractivity contribution in [3.63, 3.8) is 0 Å². The maximum absolute atomic E-state index is 12.5. The Morgan fingerprint density at radius 1 is 0.857 bits per heavy atom. The average molecular weight is 293 g/mol. The Hall–Kier alpha value is -1.91. The Morgan fingerprint density at radius 2 is 1.33 bits per heavy atom. The summed E-state index contributed by atoms with van der Waals surface area (Å²) in [6.07, 6.45) is 7.69. The van der Waals surface area contributed by atoms with E-state index in [1.54, 1.807) is 59.8 Å². The minimum absolute atomic E-state index is 0.727. The first-order valence-electron chi connectivity index (χ1n) is 6.83. The predicted octanol–water partition coefficient (Wildman–Crippen LogP) is 2.61. The van der Waals surface area contributed by atoms with Crippen molar-refractivity contribution in [3.05, 3.63) is 24.3 Å². The van der Waals surface area contributed by atoms with E-state index in [2.05, 4.69) is 4.99 Å². The maximum atomic E-state index is 12.5. The lowest BCUT2D eigenvalue weighted by Crippen LogP contribution is -2.49. The number of esters is 2. The van der Waals surface area contributed by atoms with Crippen molar-refractivity contribution in [3.8, 4) is 0 Å². The second-order valence-corrected chi connectivity index (χ2v) is 6.79. The van der Waals surface area contributed by atoms with Gasteiger partial charge in [0, 0.05) is 6.21 Å². The van der Waals surface area contributed by atoms with E-state index in [4.69, 9.17) is 9.47 Å². The summed E-state index contributed by atoms with van der Waals surface area (Å²) in [5, 5.41) is 0. The Balaban J connectivity index is 3.19. The number of carbonyl (C=O) groups excluding carboxylic acids is 2. The van der Waals surface area contributed by atoms with E-state index >= 15 is 0 Å². The molecule has 0 saturated carbocycles. The molecule has 0 N–H and O–H groups in total. The summed E-state index contributed by atoms with van der Waals surface area (Å²) in [7, 11) is 0. The van der Waals surface area contributed by atoms with Crippen molar-refractivity contribution in [1.82, 2.24) is 0 Å². The van der Waals surface area contributed by atoms with Gasteiger partial charge in [0.05, 0.1) is 0 Å². The molecule has 0 aromatic heterocycles. The van der Waals surface area contributed by atoms with Crippen molar-refractivity contribution in [2.45, 2.75) is 58.3 Å². The van der Waals surface area contributed by atoms with E-state index in [1.807, 2.05) is 0 Å². The summed E-state index contributed by atoms with van der Waals surface area (Å²) >= 11 is 0. The smallest absolute Gasteiger partial charge is 0.350 e. The van der Waals surface area contributed by atoms with Crippen LogP contribution in [0.5, 0.6) is 0 Å². The molecule has 116 valence electrons. The molecule has 0 spiro atoms. The van der Waals surface area contributed by atoms with Gasteiger partial charge in [0.1, 0.15) is 11.2 Å². The number of carbonyl (C=O) groups is 2. The second-order valence-electron chi connectivity index (χ2n) is 6.79. The first kappa shape index (κ1) is 17.1. The molecule has 0 atom stereocenters. The molecule has 0 amide bonds. The third-order valence-corrected chi connectivity index (χ3v) is 2.34. The molecule has 0 bridgehead atoms. The van der Waals surface area contributed by atoms with Gasteiger partial charge in [-0.05, 0) is 53.7 Å². The summed E-state index contributed by atoms with van der Waals surface area (Å²) < 4.78 is 10.7. The van der Waals surface area contributed by atoms with Crippen molar-refractivity contribution in [2.24, 2.45) is 4.99 Å². The topological polar surface area (TPSA) is 65.0 Å². The van der Waals surface area contributed by atoms with E-state index in [0.29, 0.717) is 0 Å². The summed E-state index contributed by atoms with van der Waals surface area (Å²) in [6.45, 7) is 10.4. The minimum atomic E-state index is -1.80. The van der Waals surface area contributed by atoms with E-state index in [9.17, 15) is 9.59 Å². The zero-order valence-electron chi connectivity index (χ0n) is 13.5. The summed E-state index contributed by atoms with van der Waals surface area (Å²) in [6, 6.07) is 0. The highest BCUT2D eigenvalue weighted by atomic mass is 16.6. The first-order valence-corrected chi connectivity index (χ1v) is 6.83. The van der Waals surface area contributed by atoms with Gasteiger partial charge >= 0.3 is 11.9 Å². The van der Waals surface area contributed by atoms with Crippen molar-refractivity contribution in [1.29, 1.82) is 0 Å². The summed E-state index contributed by atoms with van der Waals surface area (Å²) in [5.41, 5.74) is -3.26. The number of ether oxygens (including phenoxy) is 2. The number of nitrogens with zero attached hydrogens (tertiary/aromatic N) is 1. The van der Waals surface area contributed by atoms with Crippen molar-refractivity contribution >= 4 is 18.2 Å². The maximum Gasteiger partial charge on any atom is 0.350 e. The Morgan fingerprint density at radius 3 is 1.76 bits per heavy atom. The molecule has 0 fully saturated rings. The standard InChI is InChI=1S/C16H23NO4/c1-14(2,3)20-12(18)16(10-8-7-9-11-17-16)13(19)21-15(4,5)6/h7-11H,1-6H3. The number of hydrogen-bond donors (Lipinski definition) is 0. The van der Waals surface area contributed by atoms with E-state index < -0.39 is 28.7 Å². The largest absolute Gasteiger partial charge is 0.457 e. The van der Waals surface area contributed by atoms with Crippen LogP contribution >= 0.6 is 0 Å². The van der Waals surface area contributed by atoms with Gasteiger partial charge < -0.3 is 9.47 Å². The Bertz CT molecular complexity index is 455. The fourth-order valence-corrected chi connectivity index (χ4v) is 1.55. The molecule has 1 aliphatic rings. The fraction of sp³-hybridized carbons (Fsp3) is 0.562. The van der Waals surface area contributed by atoms with Crippen LogP contribution in [0.3, 0.4) is 0 Å². The van der Waals surface area contributed by atoms with Gasteiger partial charge in [-0.25, -0.2) is 9.59 Å². The predicted molar refractivity (Wildman–Crippen MR) is 81.2 cm³/mol. The van der Waals surface area contributed by atoms with Crippen LogP contribution in [0.2, 0.25) is 0 Å². The molecule has 1 rings (SSSR count). The van der Waals surface area contributed by atoms with Crippen LogP contribution in [-0.2, 0) is 19.1 Å². The molecular weight excluding hydrogens is 270 g/mol. The van der Waals surface area contributed by atoms with E-state index in [1.165, 1.54) is 12.3 Å². The van der Waals surface area contributed by atoms with Crippen LogP contribution in [0.15, 0.2) is 29.3 Å². The minimum Gasteiger partial charge on any atom is -0.457 e. The van der Waals surface area contributed by atoms with Crippen molar-refractivity contribution in [2.75, 3.05) is 0 Å². The summed E-state index contributed by atoms with van der Waals surface area (Å²) in [4.78, 5) is 29.1. The normalized spacial score (nSPS) is 17.2. The quantitative estimate of drug-likeness (QED) is 0.580. The van der Waals surface area contributed by atoms with Gasteiger partial charge in [0.25, 0.3) is 5.54 Å². The third kappa shape index (κ3) is 4.85. The highest BCUT2D eigenvalue weighted by molar-refractivity contribution is 6.09. The molecule has 5 nitrogen and oxygen atoms in total. The van der Waals surface area contributed by atoms with Crippen molar-refractivity contribution < 1.29 is 19.1 Å². The molecule has 0 saturated heterocycles. The van der Waals surface area contributed by atoms with Gasteiger partial charge in [-0.15, -0.1) is 0 Å². The molecule has 0 unspecified atom stereocenters. The van der Waals surface area contributed by atoms with Crippen LogP contribution in [0.25, 0.3) is 0 Å². The Kier molecular flexibility index (Phi) is 4.76. The van der Waals surface area contributed by atoms with Crippen LogP contribution in [0, 0.1) is 0 Å². The summed E-state index contributed by atoms with van der Waals surface area (Å²) in [5.74, 6) is -1.50. The highest BCUT2D eigenvalue weighted by Gasteiger charge is 2.49.